The molecule has 79 heavy (non-hydrogen) atoms. The topological polar surface area (TPSA) is 142 Å². The number of benzene rings is 4. The van der Waals surface area contributed by atoms with Crippen LogP contribution in [0.2, 0.25) is 15.1 Å². The molecular formula is C56H49Cl3F6N10O3S. The smallest absolute Gasteiger partial charge is 0.435 e. The summed E-state index contributed by atoms with van der Waals surface area (Å²) >= 11 is 21.3. The Bertz CT molecular complexity index is 3510. The number of aromatic nitrogens is 4. The van der Waals surface area contributed by atoms with E-state index in [1.54, 1.807) is 49.3 Å². The molecule has 0 saturated heterocycles. The van der Waals surface area contributed by atoms with Crippen molar-refractivity contribution in [2.24, 2.45) is 10.5 Å². The van der Waals surface area contributed by atoms with Crippen LogP contribution in [0.4, 0.5) is 32.2 Å². The molecule has 2 amide bonds. The summed E-state index contributed by atoms with van der Waals surface area (Å²) in [7, 11) is 0. The molecule has 1 aliphatic carbocycles. The Morgan fingerprint density at radius 2 is 1.54 bits per heavy atom. The van der Waals surface area contributed by atoms with Crippen molar-refractivity contribution in [2.75, 3.05) is 11.9 Å². The second-order valence-electron chi connectivity index (χ2n) is 20.1. The predicted octanol–water partition coefficient (Wildman–Crippen LogP) is 13.6. The average Bonchev–Trinajstić information content (AvgIpc) is 4.35. The minimum atomic E-state index is -4.86. The molecule has 0 radical (unpaired) electrons. The molecule has 2 aromatic heterocycles. The Morgan fingerprint density at radius 3 is 2.20 bits per heavy atom. The number of para-hydroxylation sites is 1. The van der Waals surface area contributed by atoms with Crippen LogP contribution in [0.15, 0.2) is 154 Å². The highest BCUT2D eigenvalue weighted by atomic mass is 35.5. The molecular weight excluding hydrogens is 1110 g/mol. The minimum Gasteiger partial charge on any atom is -0.458 e. The summed E-state index contributed by atoms with van der Waals surface area (Å²) in [4.78, 5) is 30.9. The van der Waals surface area contributed by atoms with Crippen molar-refractivity contribution in [3.05, 3.63) is 192 Å². The number of hydrogen-bond acceptors (Lipinski definition) is 11. The van der Waals surface area contributed by atoms with Crippen LogP contribution < -0.4 is 20.7 Å². The number of amides is 2. The normalized spacial score (nSPS) is 21.1. The van der Waals surface area contributed by atoms with E-state index < -0.39 is 59.7 Å². The summed E-state index contributed by atoms with van der Waals surface area (Å²) in [5.41, 5.74) is -0.304. The zero-order valence-corrected chi connectivity index (χ0v) is 45.7. The molecule has 13 nitrogen and oxygen atoms in total. The molecule has 4 atom stereocenters. The lowest BCUT2D eigenvalue weighted by atomic mass is 9.80. The third-order valence-electron chi connectivity index (χ3n) is 14.6. The lowest BCUT2D eigenvalue weighted by molar-refractivity contribution is -0.141. The van der Waals surface area contributed by atoms with Crippen molar-refractivity contribution in [1.82, 2.24) is 39.9 Å². The van der Waals surface area contributed by atoms with E-state index in [-0.39, 0.29) is 68.3 Å². The van der Waals surface area contributed by atoms with Gasteiger partial charge >= 0.3 is 12.4 Å². The summed E-state index contributed by atoms with van der Waals surface area (Å²) in [6.45, 7) is 6.92. The first kappa shape index (κ1) is 55.2. The van der Waals surface area contributed by atoms with Crippen molar-refractivity contribution in [3.63, 3.8) is 0 Å². The number of hydrazone groups is 1. The standard InChI is InChI=1S/C56H49Cl3F6N10O3S/c1-31-47(51(76)67-28-33-10-12-34(13-11-33)43-30-79-72-69-43)49(74-46(68-31)26-44(70-74)55(60,61)62)35-14-15-37(41(58)24-35)29-73-32(2)48(52(77)66-23-22-53(3)20-18-39(19-21-53)78-38-8-6-5-7-9-38)50(36-16-17-40(57)42(59)25-36)75-54(73,4)27-45(71-75)56(63,64)65/h5-20,24-26,30,49-50,68H,21-23,27-29H2,1-4H3,(H,66,77)(H,67,76). The van der Waals surface area contributed by atoms with Crippen LogP contribution in [0.25, 0.3) is 11.3 Å². The molecule has 23 heteroatoms. The molecule has 0 fully saturated rings. The van der Waals surface area contributed by atoms with Crippen LogP contribution in [0.1, 0.15) is 87.0 Å². The monoisotopic (exact) mass is 1160 g/mol. The number of nitrogens with one attached hydrogen (secondary N) is 3. The molecule has 4 aromatic carbocycles. The van der Waals surface area contributed by atoms with Gasteiger partial charge in [0.2, 0.25) is 0 Å². The number of carbonyl (C=O) groups excluding carboxylic acids is 2. The van der Waals surface area contributed by atoms with Crippen LogP contribution in [0.5, 0.6) is 5.75 Å². The van der Waals surface area contributed by atoms with E-state index in [0.717, 1.165) is 21.9 Å². The number of halogens is 9. The number of nitrogens with zero attached hydrogens (tertiary/aromatic N) is 7. The summed E-state index contributed by atoms with van der Waals surface area (Å²) in [5.74, 6) is 0.166. The zero-order chi connectivity index (χ0) is 56.2. The lowest BCUT2D eigenvalue weighted by Gasteiger charge is -2.53. The molecule has 6 aromatic rings. The molecule has 0 bridgehead atoms. The van der Waals surface area contributed by atoms with Crippen molar-refractivity contribution in [3.8, 4) is 17.0 Å². The van der Waals surface area contributed by atoms with E-state index in [1.165, 1.54) is 34.7 Å². The van der Waals surface area contributed by atoms with Gasteiger partial charge in [-0.05, 0) is 115 Å². The Balaban J connectivity index is 0.972. The second kappa shape index (κ2) is 21.5. The molecule has 410 valence electrons. The maximum atomic E-state index is 15.0. The number of hydrogen-bond donors (Lipinski definition) is 3. The third-order valence-corrected chi connectivity index (χ3v) is 16.2. The highest BCUT2D eigenvalue weighted by molar-refractivity contribution is 7.03. The average molecular weight is 1160 g/mol. The molecule has 4 aliphatic rings. The van der Waals surface area contributed by atoms with E-state index in [0.29, 0.717) is 46.9 Å². The lowest BCUT2D eigenvalue weighted by Crippen LogP contribution is -2.59. The molecule has 4 unspecified atom stereocenters. The van der Waals surface area contributed by atoms with Gasteiger partial charge in [-0.15, -0.1) is 5.10 Å². The van der Waals surface area contributed by atoms with E-state index in [2.05, 4.69) is 35.7 Å². The molecule has 0 spiro atoms. The highest BCUT2D eigenvalue weighted by Crippen LogP contribution is 2.52. The Labute approximate surface area is 469 Å². The maximum Gasteiger partial charge on any atom is 0.435 e. The Morgan fingerprint density at radius 1 is 0.835 bits per heavy atom. The predicted molar refractivity (Wildman–Crippen MR) is 291 cm³/mol. The molecule has 0 saturated carbocycles. The van der Waals surface area contributed by atoms with Crippen molar-refractivity contribution in [2.45, 2.75) is 90.1 Å². The first-order valence-corrected chi connectivity index (χ1v) is 26.8. The Hall–Kier alpha value is -7.13. The number of fused-ring (bicyclic) bond motifs is 2. The van der Waals surface area contributed by atoms with Crippen LogP contribution in [0, 0.1) is 5.41 Å². The van der Waals surface area contributed by atoms with Crippen LogP contribution in [0.3, 0.4) is 0 Å². The number of carbonyl (C=O) groups is 2. The summed E-state index contributed by atoms with van der Waals surface area (Å²) in [6.07, 6.45) is -3.34. The van der Waals surface area contributed by atoms with Crippen molar-refractivity contribution in [1.29, 1.82) is 0 Å². The quantitative estimate of drug-likeness (QED) is 0.0909. The maximum absolute atomic E-state index is 15.0. The van der Waals surface area contributed by atoms with Gasteiger partial charge in [-0.3, -0.25) is 14.6 Å². The van der Waals surface area contributed by atoms with Crippen LogP contribution in [-0.2, 0) is 28.9 Å². The van der Waals surface area contributed by atoms with Crippen LogP contribution >= 0.6 is 46.3 Å². The van der Waals surface area contributed by atoms with Gasteiger partial charge in [-0.25, -0.2) is 4.68 Å². The highest BCUT2D eigenvalue weighted by Gasteiger charge is 2.57. The van der Waals surface area contributed by atoms with Gasteiger partial charge in [0, 0.05) is 59.5 Å². The summed E-state index contributed by atoms with van der Waals surface area (Å²) < 4.78 is 98.7. The molecule has 5 heterocycles. The second-order valence-corrected chi connectivity index (χ2v) is 21.9. The van der Waals surface area contributed by atoms with E-state index >= 15 is 0 Å². The number of alkyl halides is 6. The van der Waals surface area contributed by atoms with Crippen molar-refractivity contribution < 1.29 is 40.7 Å². The minimum absolute atomic E-state index is 0.0338. The largest absolute Gasteiger partial charge is 0.458 e. The number of allylic oxidation sites excluding steroid dienone is 5. The third kappa shape index (κ3) is 11.2. The molecule has 3 N–H and O–H groups in total. The van der Waals surface area contributed by atoms with E-state index in [1.807, 2.05) is 79.7 Å². The first-order valence-electron chi connectivity index (χ1n) is 24.8. The summed E-state index contributed by atoms with van der Waals surface area (Å²) in [6, 6.07) is 24.3. The first-order chi connectivity index (χ1) is 37.5. The number of rotatable bonds is 14. The fraction of sp³-hybridized carbons (Fsp3) is 0.286. The van der Waals surface area contributed by atoms with Gasteiger partial charge in [-0.2, -0.15) is 36.5 Å². The summed E-state index contributed by atoms with van der Waals surface area (Å²) in [5, 5.41) is 24.6. The van der Waals surface area contributed by atoms with Gasteiger partial charge in [0.15, 0.2) is 5.69 Å². The van der Waals surface area contributed by atoms with E-state index in [4.69, 9.17) is 39.5 Å². The van der Waals surface area contributed by atoms with Gasteiger partial charge in [0.1, 0.15) is 46.5 Å². The van der Waals surface area contributed by atoms with Gasteiger partial charge in [0.25, 0.3) is 11.8 Å². The fourth-order valence-corrected chi connectivity index (χ4v) is 11.4. The molecule has 10 rings (SSSR count). The van der Waals surface area contributed by atoms with Gasteiger partial charge in [0.05, 0.1) is 21.2 Å². The fourth-order valence-electron chi connectivity index (χ4n) is 10.4. The SMILES string of the molecule is CC1=C(C(=O)NCc2ccc(-c3csnn3)cc2)C(c2ccc(CN3C(C)=C(C(=O)NCCC4(C)C=CC(Oc5ccccc5)=CC4)C(c4ccc(Cl)c(Cl)c4)N4N=C(C(F)(F)F)CC34C)c(Cl)c2)n2nc(C(F)(F)F)cc2N1. The molecule has 3 aliphatic heterocycles. The number of ether oxygens (including phenoxy) is 1. The van der Waals surface area contributed by atoms with Crippen LogP contribution in [-0.4, -0.2) is 65.2 Å². The van der Waals surface area contributed by atoms with Gasteiger partial charge in [-0.1, -0.05) is 113 Å². The van der Waals surface area contributed by atoms with E-state index in [9.17, 15) is 35.9 Å². The number of anilines is 1. The van der Waals surface area contributed by atoms with Gasteiger partial charge < -0.3 is 25.6 Å². The Kier molecular flexibility index (Phi) is 15.0. The van der Waals surface area contributed by atoms with Crippen molar-refractivity contribution >= 4 is 69.7 Å². The zero-order valence-electron chi connectivity index (χ0n) is 42.6.